The molecule has 0 aliphatic heterocycles. The Morgan fingerprint density at radius 3 is 2.29 bits per heavy atom. The van der Waals surface area contributed by atoms with Crippen LogP contribution in [0.3, 0.4) is 0 Å². The highest BCUT2D eigenvalue weighted by atomic mass is 35.5. The minimum Gasteiger partial charge on any atom is -0.452 e. The molecule has 1 atom stereocenters. The number of esters is 1. The zero-order valence-electron chi connectivity index (χ0n) is 18.6. The Labute approximate surface area is 203 Å². The van der Waals surface area contributed by atoms with Gasteiger partial charge in [-0.15, -0.1) is 0 Å². The molecule has 0 spiro atoms. The van der Waals surface area contributed by atoms with Crippen molar-refractivity contribution >= 4 is 23.5 Å². The molecule has 4 aromatic rings. The zero-order valence-corrected chi connectivity index (χ0v) is 19.4. The molecule has 4 rings (SSSR count). The van der Waals surface area contributed by atoms with Crippen molar-refractivity contribution in [3.63, 3.8) is 0 Å². The van der Waals surface area contributed by atoms with E-state index < -0.39 is 5.97 Å². The summed E-state index contributed by atoms with van der Waals surface area (Å²) in [6.45, 7) is 1.98. The lowest BCUT2D eigenvalue weighted by molar-refractivity contribution is -0.124. The maximum Gasteiger partial charge on any atom is 0.342 e. The average Bonchev–Trinajstić information content (AvgIpc) is 3.28. The molecule has 0 radical (unpaired) electrons. The van der Waals surface area contributed by atoms with Crippen molar-refractivity contribution in [2.75, 3.05) is 6.61 Å². The van der Waals surface area contributed by atoms with Crippen molar-refractivity contribution in [2.24, 2.45) is 0 Å². The van der Waals surface area contributed by atoms with Gasteiger partial charge in [-0.3, -0.25) is 9.48 Å². The van der Waals surface area contributed by atoms with E-state index in [1.54, 1.807) is 35.1 Å². The highest BCUT2D eigenvalue weighted by Gasteiger charge is 2.21. The van der Waals surface area contributed by atoms with Crippen LogP contribution in [0.25, 0.3) is 11.3 Å². The van der Waals surface area contributed by atoms with E-state index in [-0.39, 0.29) is 24.1 Å². The molecule has 1 N–H and O–H groups in total. The standard InChI is InChI=1S/C27H24ClN3O3/c1-19(21-10-6-3-7-11-21)29-25(32)18-34-27(33)24-17-31(16-20-8-4-2-5-9-20)30-26(24)22-12-14-23(28)15-13-22/h2-15,17,19H,16,18H2,1H3,(H,29,32)/t19-/m1/s1. The fraction of sp³-hybridized carbons (Fsp3) is 0.148. The van der Waals surface area contributed by atoms with Crippen LogP contribution >= 0.6 is 11.6 Å². The van der Waals surface area contributed by atoms with Crippen LogP contribution in [0.5, 0.6) is 0 Å². The van der Waals surface area contributed by atoms with Crippen LogP contribution in [0.4, 0.5) is 0 Å². The second-order valence-corrected chi connectivity index (χ2v) is 8.29. The summed E-state index contributed by atoms with van der Waals surface area (Å²) < 4.78 is 7.03. The summed E-state index contributed by atoms with van der Waals surface area (Å²) >= 11 is 6.02. The van der Waals surface area contributed by atoms with Crippen LogP contribution in [0.1, 0.15) is 34.5 Å². The molecule has 3 aromatic carbocycles. The molecule has 0 aliphatic carbocycles. The quantitative estimate of drug-likeness (QED) is 0.353. The molecule has 172 valence electrons. The summed E-state index contributed by atoms with van der Waals surface area (Å²) in [6.07, 6.45) is 1.64. The number of aromatic nitrogens is 2. The Balaban J connectivity index is 1.49. The monoisotopic (exact) mass is 473 g/mol. The van der Waals surface area contributed by atoms with Gasteiger partial charge in [-0.05, 0) is 30.2 Å². The molecule has 0 saturated heterocycles. The molecule has 0 bridgehead atoms. The number of ether oxygens (including phenoxy) is 1. The van der Waals surface area contributed by atoms with Crippen molar-refractivity contribution in [3.8, 4) is 11.3 Å². The number of carbonyl (C=O) groups is 2. The van der Waals surface area contributed by atoms with Gasteiger partial charge in [0.2, 0.25) is 0 Å². The zero-order chi connectivity index (χ0) is 23.9. The summed E-state index contributed by atoms with van der Waals surface area (Å²) in [7, 11) is 0. The van der Waals surface area contributed by atoms with Crippen molar-refractivity contribution in [3.05, 3.63) is 113 Å². The molecule has 1 aromatic heterocycles. The molecule has 0 saturated carbocycles. The Kier molecular flexibility index (Phi) is 7.40. The molecule has 7 heteroatoms. The lowest BCUT2D eigenvalue weighted by atomic mass is 10.1. The van der Waals surface area contributed by atoms with Gasteiger partial charge >= 0.3 is 5.97 Å². The van der Waals surface area contributed by atoms with Gasteiger partial charge in [0.15, 0.2) is 6.61 Å². The second-order valence-electron chi connectivity index (χ2n) is 7.86. The van der Waals surface area contributed by atoms with Gasteiger partial charge in [-0.25, -0.2) is 4.79 Å². The molecule has 0 fully saturated rings. The first-order valence-electron chi connectivity index (χ1n) is 10.9. The Morgan fingerprint density at radius 1 is 0.971 bits per heavy atom. The fourth-order valence-electron chi connectivity index (χ4n) is 3.56. The van der Waals surface area contributed by atoms with Crippen LogP contribution in [-0.2, 0) is 16.1 Å². The normalized spacial score (nSPS) is 11.6. The smallest absolute Gasteiger partial charge is 0.342 e. The van der Waals surface area contributed by atoms with E-state index in [0.717, 1.165) is 16.7 Å². The third-order valence-electron chi connectivity index (χ3n) is 5.30. The van der Waals surface area contributed by atoms with E-state index >= 15 is 0 Å². The minimum atomic E-state index is -0.619. The van der Waals surface area contributed by atoms with Gasteiger partial charge in [-0.2, -0.15) is 5.10 Å². The number of hydrogen-bond acceptors (Lipinski definition) is 4. The number of nitrogens with one attached hydrogen (secondary N) is 1. The van der Waals surface area contributed by atoms with Gasteiger partial charge in [0.25, 0.3) is 5.91 Å². The molecule has 0 aliphatic rings. The molecule has 1 heterocycles. The second kappa shape index (κ2) is 10.8. The van der Waals surface area contributed by atoms with Gasteiger partial charge < -0.3 is 10.1 Å². The van der Waals surface area contributed by atoms with E-state index in [0.29, 0.717) is 17.3 Å². The number of benzene rings is 3. The fourth-order valence-corrected chi connectivity index (χ4v) is 3.69. The number of hydrogen-bond donors (Lipinski definition) is 1. The van der Waals surface area contributed by atoms with Gasteiger partial charge in [0, 0.05) is 16.8 Å². The summed E-state index contributed by atoms with van der Waals surface area (Å²) in [5.41, 5.74) is 3.49. The lowest BCUT2D eigenvalue weighted by Gasteiger charge is -2.14. The van der Waals surface area contributed by atoms with Crippen molar-refractivity contribution < 1.29 is 14.3 Å². The Morgan fingerprint density at radius 2 is 1.62 bits per heavy atom. The Hall–Kier alpha value is -3.90. The number of carbonyl (C=O) groups excluding carboxylic acids is 2. The SMILES string of the molecule is C[C@@H](NC(=O)COC(=O)c1cn(Cc2ccccc2)nc1-c1ccc(Cl)cc1)c1ccccc1. The molecule has 34 heavy (non-hydrogen) atoms. The van der Waals surface area contributed by atoms with Crippen LogP contribution in [0.15, 0.2) is 91.1 Å². The van der Waals surface area contributed by atoms with Gasteiger partial charge in [0.1, 0.15) is 11.3 Å². The average molecular weight is 474 g/mol. The highest BCUT2D eigenvalue weighted by molar-refractivity contribution is 6.30. The van der Waals surface area contributed by atoms with Crippen molar-refractivity contribution in [1.82, 2.24) is 15.1 Å². The lowest BCUT2D eigenvalue weighted by Crippen LogP contribution is -2.31. The summed E-state index contributed by atoms with van der Waals surface area (Å²) in [5.74, 6) is -0.999. The van der Waals surface area contributed by atoms with Crippen molar-refractivity contribution in [2.45, 2.75) is 19.5 Å². The first-order chi connectivity index (χ1) is 16.5. The van der Waals surface area contributed by atoms with Crippen LogP contribution in [0, 0.1) is 0 Å². The summed E-state index contributed by atoms with van der Waals surface area (Å²) in [4.78, 5) is 25.3. The van der Waals surface area contributed by atoms with Gasteiger partial charge in [0.05, 0.1) is 12.6 Å². The van der Waals surface area contributed by atoms with Crippen molar-refractivity contribution in [1.29, 1.82) is 0 Å². The minimum absolute atomic E-state index is 0.203. The Bertz CT molecular complexity index is 1260. The van der Waals surface area contributed by atoms with Crippen LogP contribution in [0.2, 0.25) is 5.02 Å². The number of nitrogens with zero attached hydrogens (tertiary/aromatic N) is 2. The summed E-state index contributed by atoms with van der Waals surface area (Å²) in [5, 5.41) is 8.04. The predicted octanol–water partition coefficient (Wildman–Crippen LogP) is 5.29. The van der Waals surface area contributed by atoms with Gasteiger partial charge in [-0.1, -0.05) is 84.4 Å². The molecule has 0 unspecified atom stereocenters. The molecular weight excluding hydrogens is 450 g/mol. The van der Waals surface area contributed by atoms with Crippen LogP contribution < -0.4 is 5.32 Å². The first kappa shape index (κ1) is 23.3. The van der Waals surface area contributed by atoms with E-state index in [2.05, 4.69) is 10.4 Å². The summed E-state index contributed by atoms with van der Waals surface area (Å²) in [6, 6.07) is 26.2. The molecule has 1 amide bonds. The van der Waals surface area contributed by atoms with E-state index in [9.17, 15) is 9.59 Å². The van der Waals surface area contributed by atoms with E-state index in [4.69, 9.17) is 16.3 Å². The van der Waals surface area contributed by atoms with E-state index in [1.807, 2.05) is 67.6 Å². The maximum absolute atomic E-state index is 13.0. The topological polar surface area (TPSA) is 73.2 Å². The number of amides is 1. The highest BCUT2D eigenvalue weighted by Crippen LogP contribution is 2.25. The third kappa shape index (κ3) is 5.91. The van der Waals surface area contributed by atoms with Crippen LogP contribution in [-0.4, -0.2) is 28.3 Å². The number of rotatable bonds is 8. The predicted molar refractivity (Wildman–Crippen MR) is 131 cm³/mol. The third-order valence-corrected chi connectivity index (χ3v) is 5.55. The largest absolute Gasteiger partial charge is 0.452 e. The first-order valence-corrected chi connectivity index (χ1v) is 11.3. The number of halogens is 1. The maximum atomic E-state index is 13.0. The molecule has 6 nitrogen and oxygen atoms in total. The molecular formula is C27H24ClN3O3. The van der Waals surface area contributed by atoms with E-state index in [1.165, 1.54) is 0 Å².